The van der Waals surface area contributed by atoms with Gasteiger partial charge in [0.1, 0.15) is 0 Å². The first-order valence-corrected chi connectivity index (χ1v) is 8.06. The van der Waals surface area contributed by atoms with Crippen LogP contribution in [0, 0.1) is 24.7 Å². The highest BCUT2D eigenvalue weighted by Crippen LogP contribution is 2.35. The number of nitrogens with one attached hydrogen (secondary N) is 1. The molecule has 1 aromatic rings. The van der Waals surface area contributed by atoms with Crippen molar-refractivity contribution in [1.82, 2.24) is 0 Å². The van der Waals surface area contributed by atoms with Gasteiger partial charge in [0, 0.05) is 17.3 Å². The largest absolute Gasteiger partial charge is 0.382 e. The Labute approximate surface area is 128 Å². The van der Waals surface area contributed by atoms with Gasteiger partial charge >= 0.3 is 0 Å². The fourth-order valence-corrected chi connectivity index (χ4v) is 3.63. The van der Waals surface area contributed by atoms with Crippen LogP contribution in [0.4, 0.5) is 5.69 Å². The molecule has 1 fully saturated rings. The van der Waals surface area contributed by atoms with Crippen LogP contribution in [0.15, 0.2) is 18.2 Å². The zero-order chi connectivity index (χ0) is 15.6. The quantitative estimate of drug-likeness (QED) is 0.881. The normalized spacial score (nSPS) is 25.9. The van der Waals surface area contributed by atoms with Crippen LogP contribution in [-0.2, 0) is 0 Å². The van der Waals surface area contributed by atoms with Crippen LogP contribution in [0.25, 0.3) is 0 Å². The molecule has 3 unspecified atom stereocenters. The summed E-state index contributed by atoms with van der Waals surface area (Å²) in [7, 11) is 0. The Kier molecular flexibility index (Phi) is 4.92. The van der Waals surface area contributed by atoms with Gasteiger partial charge in [-0.3, -0.25) is 4.79 Å². The molecule has 3 heteroatoms. The number of amides is 1. The molecule has 3 nitrogen and oxygen atoms in total. The Balaban J connectivity index is 2.23. The van der Waals surface area contributed by atoms with Crippen LogP contribution in [0.2, 0.25) is 0 Å². The minimum absolute atomic E-state index is 0.353. The second-order valence-electron chi connectivity index (χ2n) is 6.92. The smallest absolute Gasteiger partial charge is 0.249 e. The van der Waals surface area contributed by atoms with Gasteiger partial charge in [0.25, 0.3) is 0 Å². The third kappa shape index (κ3) is 3.58. The molecular formula is C18H28N2O. The molecule has 0 radical (unpaired) electrons. The minimum atomic E-state index is -0.353. The lowest BCUT2D eigenvalue weighted by Gasteiger charge is -2.38. The molecule has 3 atom stereocenters. The predicted molar refractivity (Wildman–Crippen MR) is 88.5 cm³/mol. The number of rotatable bonds is 4. The maximum atomic E-state index is 11.5. The van der Waals surface area contributed by atoms with Crippen LogP contribution >= 0.6 is 0 Å². The third-order valence-corrected chi connectivity index (χ3v) is 4.96. The number of hydrogen-bond donors (Lipinski definition) is 2. The molecule has 1 aliphatic carbocycles. The molecule has 1 amide bonds. The minimum Gasteiger partial charge on any atom is -0.382 e. The van der Waals surface area contributed by atoms with E-state index in [0.717, 1.165) is 17.2 Å². The van der Waals surface area contributed by atoms with Gasteiger partial charge < -0.3 is 11.1 Å². The summed E-state index contributed by atoms with van der Waals surface area (Å²) in [5.74, 6) is 1.78. The van der Waals surface area contributed by atoms with Gasteiger partial charge in [-0.1, -0.05) is 33.3 Å². The molecule has 0 aliphatic heterocycles. The van der Waals surface area contributed by atoms with E-state index in [4.69, 9.17) is 5.73 Å². The maximum absolute atomic E-state index is 11.5. The van der Waals surface area contributed by atoms with Gasteiger partial charge in [0.05, 0.1) is 0 Å². The van der Waals surface area contributed by atoms with E-state index in [9.17, 15) is 4.79 Å². The molecule has 0 saturated heterocycles. The van der Waals surface area contributed by atoms with Gasteiger partial charge in [0.2, 0.25) is 5.91 Å². The molecule has 0 spiro atoms. The van der Waals surface area contributed by atoms with Crippen molar-refractivity contribution in [2.75, 3.05) is 5.32 Å². The van der Waals surface area contributed by atoms with Crippen molar-refractivity contribution in [1.29, 1.82) is 0 Å². The number of primary amides is 1. The van der Waals surface area contributed by atoms with Crippen molar-refractivity contribution < 1.29 is 4.79 Å². The zero-order valence-corrected chi connectivity index (χ0v) is 13.6. The van der Waals surface area contributed by atoms with Crippen LogP contribution in [0.3, 0.4) is 0 Å². The van der Waals surface area contributed by atoms with Crippen LogP contribution in [0.5, 0.6) is 0 Å². The molecule has 3 N–H and O–H groups in total. The number of carbonyl (C=O) groups excluding carboxylic acids is 1. The number of nitrogens with two attached hydrogens (primary N) is 1. The van der Waals surface area contributed by atoms with Gasteiger partial charge in [-0.05, 0) is 55.2 Å². The Morgan fingerprint density at radius 2 is 2.05 bits per heavy atom. The molecule has 0 bridgehead atoms. The molecule has 2 rings (SSSR count). The van der Waals surface area contributed by atoms with Crippen molar-refractivity contribution >= 4 is 11.6 Å². The highest BCUT2D eigenvalue weighted by Gasteiger charge is 2.30. The number of hydrogen-bond acceptors (Lipinski definition) is 2. The van der Waals surface area contributed by atoms with Crippen molar-refractivity contribution in [2.24, 2.45) is 23.5 Å². The van der Waals surface area contributed by atoms with E-state index in [2.05, 4.69) is 32.2 Å². The van der Waals surface area contributed by atoms with E-state index >= 15 is 0 Å². The Morgan fingerprint density at radius 3 is 2.67 bits per heavy atom. The maximum Gasteiger partial charge on any atom is 0.249 e. The Hall–Kier alpha value is -1.51. The third-order valence-electron chi connectivity index (χ3n) is 4.96. The highest BCUT2D eigenvalue weighted by molar-refractivity contribution is 5.95. The van der Waals surface area contributed by atoms with Crippen LogP contribution < -0.4 is 11.1 Å². The molecule has 1 aliphatic rings. The average Bonchev–Trinajstić information content (AvgIpc) is 2.40. The number of carbonyl (C=O) groups is 1. The average molecular weight is 288 g/mol. The summed E-state index contributed by atoms with van der Waals surface area (Å²) in [6, 6.07) is 6.24. The van der Waals surface area contributed by atoms with Crippen molar-refractivity contribution in [2.45, 2.75) is 53.0 Å². The van der Waals surface area contributed by atoms with Crippen molar-refractivity contribution in [3.63, 3.8) is 0 Å². The molecule has 0 aromatic heterocycles. The van der Waals surface area contributed by atoms with E-state index < -0.39 is 0 Å². The summed E-state index contributed by atoms with van der Waals surface area (Å²) >= 11 is 0. The summed E-state index contributed by atoms with van der Waals surface area (Å²) < 4.78 is 0. The van der Waals surface area contributed by atoms with E-state index in [-0.39, 0.29) is 5.91 Å². The monoisotopic (exact) mass is 288 g/mol. The zero-order valence-electron chi connectivity index (χ0n) is 13.6. The summed E-state index contributed by atoms with van der Waals surface area (Å²) in [4.78, 5) is 11.5. The van der Waals surface area contributed by atoms with Crippen LogP contribution in [-0.4, -0.2) is 11.9 Å². The summed E-state index contributed by atoms with van der Waals surface area (Å²) in [6.45, 7) is 8.92. The number of benzene rings is 1. The predicted octanol–water partition coefficient (Wildman–Crippen LogP) is 3.97. The Morgan fingerprint density at radius 1 is 1.33 bits per heavy atom. The Bertz CT molecular complexity index is 510. The summed E-state index contributed by atoms with van der Waals surface area (Å²) in [6.07, 6.45) is 3.80. The molecular weight excluding hydrogens is 260 g/mol. The number of anilines is 1. The molecule has 116 valence electrons. The molecule has 1 saturated carbocycles. The first-order valence-electron chi connectivity index (χ1n) is 8.06. The lowest BCUT2D eigenvalue weighted by Crippen LogP contribution is -2.38. The van der Waals surface area contributed by atoms with Gasteiger partial charge in [0.15, 0.2) is 0 Å². The van der Waals surface area contributed by atoms with Gasteiger partial charge in [-0.2, -0.15) is 0 Å². The fourth-order valence-electron chi connectivity index (χ4n) is 3.63. The lowest BCUT2D eigenvalue weighted by atomic mass is 9.74. The van der Waals surface area contributed by atoms with Crippen molar-refractivity contribution in [3.05, 3.63) is 29.3 Å². The van der Waals surface area contributed by atoms with E-state index in [1.165, 1.54) is 19.3 Å². The standard InChI is InChI=1S/C18H28N2O/c1-11(2)14-9-8-12(3)10-17(14)20-16-7-5-6-15(13(16)4)18(19)21/h5-7,11-12,14,17,20H,8-10H2,1-4H3,(H2,19,21). The SMILES string of the molecule is Cc1c(NC2CC(C)CCC2C(C)C)cccc1C(N)=O. The summed E-state index contributed by atoms with van der Waals surface area (Å²) in [5.41, 5.74) is 8.08. The van der Waals surface area contributed by atoms with Crippen LogP contribution in [0.1, 0.15) is 56.0 Å². The molecule has 1 aromatic carbocycles. The fraction of sp³-hybridized carbons (Fsp3) is 0.611. The first-order chi connectivity index (χ1) is 9.90. The second kappa shape index (κ2) is 6.50. The lowest BCUT2D eigenvalue weighted by molar-refractivity contribution is 0.0999. The van der Waals surface area contributed by atoms with E-state index in [0.29, 0.717) is 23.4 Å². The van der Waals surface area contributed by atoms with Gasteiger partial charge in [-0.15, -0.1) is 0 Å². The topological polar surface area (TPSA) is 55.1 Å². The van der Waals surface area contributed by atoms with E-state index in [1.807, 2.05) is 13.0 Å². The summed E-state index contributed by atoms with van der Waals surface area (Å²) in [5, 5.41) is 3.70. The second-order valence-corrected chi connectivity index (χ2v) is 6.92. The highest BCUT2D eigenvalue weighted by atomic mass is 16.1. The van der Waals surface area contributed by atoms with E-state index in [1.54, 1.807) is 6.07 Å². The molecule has 21 heavy (non-hydrogen) atoms. The molecule has 0 heterocycles. The first kappa shape index (κ1) is 15.9. The van der Waals surface area contributed by atoms with Gasteiger partial charge in [-0.25, -0.2) is 0 Å². The van der Waals surface area contributed by atoms with Crippen molar-refractivity contribution in [3.8, 4) is 0 Å².